The predicted octanol–water partition coefficient (Wildman–Crippen LogP) is 6.93. The third kappa shape index (κ3) is 7.30. The van der Waals surface area contributed by atoms with Crippen molar-refractivity contribution in [2.24, 2.45) is 5.92 Å². The summed E-state index contributed by atoms with van der Waals surface area (Å²) >= 11 is 0. The molecule has 3 amide bonds. The average molecular weight is 586 g/mol. The lowest BCUT2D eigenvalue weighted by Crippen LogP contribution is -2.41. The maximum absolute atomic E-state index is 13.3. The van der Waals surface area contributed by atoms with Crippen LogP contribution in [0, 0.1) is 12.8 Å². The van der Waals surface area contributed by atoms with Gasteiger partial charge in [0.25, 0.3) is 11.8 Å². The second kappa shape index (κ2) is 12.5. The average Bonchev–Trinajstić information content (AvgIpc) is 3.84. The van der Waals surface area contributed by atoms with E-state index in [-0.39, 0.29) is 11.5 Å². The molecule has 0 bridgehead atoms. The number of carbonyl (C=O) groups is 3. The Labute approximate surface area is 247 Å². The van der Waals surface area contributed by atoms with Crippen molar-refractivity contribution in [3.8, 4) is 11.1 Å². The summed E-state index contributed by atoms with van der Waals surface area (Å²) in [6, 6.07) is 24.2. The highest BCUT2D eigenvalue weighted by atomic mass is 19.4. The summed E-state index contributed by atoms with van der Waals surface area (Å²) in [5, 5.41) is 8.61. The van der Waals surface area contributed by atoms with Crippen molar-refractivity contribution in [3.63, 3.8) is 0 Å². The summed E-state index contributed by atoms with van der Waals surface area (Å²) in [6.45, 7) is 2.32. The molecule has 0 unspecified atom stereocenters. The lowest BCUT2D eigenvalue weighted by atomic mass is 9.98. The van der Waals surface area contributed by atoms with E-state index in [1.807, 2.05) is 6.07 Å². The van der Waals surface area contributed by atoms with Gasteiger partial charge in [0.2, 0.25) is 5.91 Å². The summed E-state index contributed by atoms with van der Waals surface area (Å²) in [7, 11) is 0. The van der Waals surface area contributed by atoms with Gasteiger partial charge in [-0.2, -0.15) is 13.2 Å². The van der Waals surface area contributed by atoms with Crippen LogP contribution in [0.1, 0.15) is 56.3 Å². The van der Waals surface area contributed by atoms with Gasteiger partial charge in [-0.15, -0.1) is 0 Å². The van der Waals surface area contributed by atoms with Crippen LogP contribution in [0.2, 0.25) is 0 Å². The number of amides is 3. The molecule has 0 aliphatic heterocycles. The van der Waals surface area contributed by atoms with Gasteiger partial charge in [-0.25, -0.2) is 0 Å². The number of rotatable bonds is 9. The topological polar surface area (TPSA) is 87.3 Å². The lowest BCUT2D eigenvalue weighted by Gasteiger charge is -2.19. The lowest BCUT2D eigenvalue weighted by molar-refractivity contribution is -0.137. The molecular formula is C34H30F3N3O3. The molecule has 3 N–H and O–H groups in total. The van der Waals surface area contributed by atoms with Gasteiger partial charge < -0.3 is 16.0 Å². The molecule has 4 aromatic carbocycles. The van der Waals surface area contributed by atoms with Gasteiger partial charge in [-0.05, 0) is 84.3 Å². The molecule has 9 heteroatoms. The van der Waals surface area contributed by atoms with Gasteiger partial charge in [0, 0.05) is 23.4 Å². The number of anilines is 1. The molecule has 0 radical (unpaired) electrons. The van der Waals surface area contributed by atoms with Crippen LogP contribution in [-0.4, -0.2) is 24.3 Å². The first kappa shape index (κ1) is 29.6. The Hall–Kier alpha value is -4.92. The highest BCUT2D eigenvalue weighted by molar-refractivity contribution is 6.09. The summed E-state index contributed by atoms with van der Waals surface area (Å²) < 4.78 is 39.0. The minimum Gasteiger partial charge on any atom is -0.354 e. The first-order chi connectivity index (χ1) is 20.6. The highest BCUT2D eigenvalue weighted by Crippen LogP contribution is 2.32. The van der Waals surface area contributed by atoms with Crippen LogP contribution in [-0.2, 0) is 11.0 Å². The zero-order valence-corrected chi connectivity index (χ0v) is 23.4. The Bertz CT molecular complexity index is 1630. The number of carbonyl (C=O) groups excluding carboxylic acids is 3. The fourth-order valence-electron chi connectivity index (χ4n) is 4.74. The molecule has 0 heterocycles. The number of hydrogen-bond donors (Lipinski definition) is 3. The van der Waals surface area contributed by atoms with Crippen molar-refractivity contribution in [2.45, 2.75) is 32.0 Å². The molecule has 1 fully saturated rings. The molecule has 0 spiro atoms. The molecule has 220 valence electrons. The second-order valence-corrected chi connectivity index (χ2v) is 10.6. The molecule has 6 nitrogen and oxygen atoms in total. The molecule has 1 aliphatic rings. The Balaban J connectivity index is 1.30. The molecular weight excluding hydrogens is 555 g/mol. The minimum absolute atomic E-state index is 0.279. The number of nitrogens with one attached hydrogen (secondary N) is 3. The Morgan fingerprint density at radius 1 is 0.837 bits per heavy atom. The Morgan fingerprint density at radius 2 is 1.51 bits per heavy atom. The molecule has 0 aromatic heterocycles. The molecule has 5 rings (SSSR count). The number of hydrogen-bond acceptors (Lipinski definition) is 3. The summed E-state index contributed by atoms with van der Waals surface area (Å²) in [5.74, 6) is -0.682. The van der Waals surface area contributed by atoms with E-state index in [2.05, 4.69) is 16.0 Å². The van der Waals surface area contributed by atoms with E-state index in [1.54, 1.807) is 73.7 Å². The summed E-state index contributed by atoms with van der Waals surface area (Å²) in [6.07, 6.45) is -2.28. The zero-order chi connectivity index (χ0) is 30.6. The molecule has 0 saturated heterocycles. The fourth-order valence-corrected chi connectivity index (χ4v) is 4.74. The van der Waals surface area contributed by atoms with Crippen LogP contribution >= 0.6 is 0 Å². The maximum Gasteiger partial charge on any atom is 0.416 e. The molecule has 4 aromatic rings. The standard InChI is InChI=1S/C34H30F3N3O3/c1-21-19-25(31(41)40-30(24-7-3-2-4-8-24)33(43)38-20-22-11-12-22)15-18-29(21)39-32(42)28-10-6-5-9-27(28)23-13-16-26(17-14-23)34(35,36)37/h2-10,13-19,22,30H,11-12,20H2,1H3,(H,38,43)(H,39,42)(H,40,41)/t30-/m0/s1. The van der Waals surface area contributed by atoms with Gasteiger partial charge in [-0.1, -0.05) is 60.7 Å². The summed E-state index contributed by atoms with van der Waals surface area (Å²) in [5.41, 5.74) is 2.52. The van der Waals surface area contributed by atoms with Gasteiger partial charge in [0.1, 0.15) is 6.04 Å². The van der Waals surface area contributed by atoms with Crippen LogP contribution in [0.25, 0.3) is 11.1 Å². The summed E-state index contributed by atoms with van der Waals surface area (Å²) in [4.78, 5) is 39.5. The van der Waals surface area contributed by atoms with E-state index >= 15 is 0 Å². The fraction of sp³-hybridized carbons (Fsp3) is 0.206. The Kier molecular flexibility index (Phi) is 8.61. The first-order valence-electron chi connectivity index (χ1n) is 13.9. The van der Waals surface area contributed by atoms with Crippen molar-refractivity contribution in [1.29, 1.82) is 0 Å². The monoisotopic (exact) mass is 585 g/mol. The normalized spacial score (nSPS) is 13.6. The van der Waals surface area contributed by atoms with Crippen LogP contribution in [0.5, 0.6) is 0 Å². The Morgan fingerprint density at radius 3 is 2.16 bits per heavy atom. The van der Waals surface area contributed by atoms with Crippen LogP contribution < -0.4 is 16.0 Å². The van der Waals surface area contributed by atoms with Crippen LogP contribution in [0.15, 0.2) is 97.1 Å². The van der Waals surface area contributed by atoms with Crippen molar-refractivity contribution in [3.05, 3.63) is 125 Å². The van der Waals surface area contributed by atoms with Crippen molar-refractivity contribution < 1.29 is 27.6 Å². The third-order valence-corrected chi connectivity index (χ3v) is 7.36. The third-order valence-electron chi connectivity index (χ3n) is 7.36. The minimum atomic E-state index is -4.46. The molecule has 1 aliphatic carbocycles. The van der Waals surface area contributed by atoms with E-state index in [0.29, 0.717) is 46.0 Å². The smallest absolute Gasteiger partial charge is 0.354 e. The van der Waals surface area contributed by atoms with Crippen LogP contribution in [0.4, 0.5) is 18.9 Å². The van der Waals surface area contributed by atoms with Crippen molar-refractivity contribution in [1.82, 2.24) is 10.6 Å². The van der Waals surface area contributed by atoms with E-state index < -0.39 is 29.6 Å². The maximum atomic E-state index is 13.3. The van der Waals surface area contributed by atoms with Gasteiger partial charge in [0.15, 0.2) is 0 Å². The number of halogens is 3. The molecule has 1 saturated carbocycles. The van der Waals surface area contributed by atoms with E-state index in [9.17, 15) is 27.6 Å². The van der Waals surface area contributed by atoms with E-state index in [4.69, 9.17) is 0 Å². The molecule has 43 heavy (non-hydrogen) atoms. The van der Waals surface area contributed by atoms with Gasteiger partial charge in [0.05, 0.1) is 5.56 Å². The second-order valence-electron chi connectivity index (χ2n) is 10.6. The van der Waals surface area contributed by atoms with E-state index in [0.717, 1.165) is 25.0 Å². The SMILES string of the molecule is Cc1cc(C(=O)N[C@H](C(=O)NCC2CC2)c2ccccc2)ccc1NC(=O)c1ccccc1-c1ccc(C(F)(F)F)cc1. The number of aryl methyl sites for hydroxylation is 1. The zero-order valence-electron chi connectivity index (χ0n) is 23.4. The quantitative estimate of drug-likeness (QED) is 0.199. The highest BCUT2D eigenvalue weighted by Gasteiger charge is 2.30. The first-order valence-corrected chi connectivity index (χ1v) is 13.9. The van der Waals surface area contributed by atoms with Gasteiger partial charge in [-0.3, -0.25) is 14.4 Å². The largest absolute Gasteiger partial charge is 0.416 e. The van der Waals surface area contributed by atoms with E-state index in [1.165, 1.54) is 12.1 Å². The van der Waals surface area contributed by atoms with Crippen molar-refractivity contribution >= 4 is 23.4 Å². The predicted molar refractivity (Wildman–Crippen MR) is 158 cm³/mol. The van der Waals surface area contributed by atoms with Crippen molar-refractivity contribution in [2.75, 3.05) is 11.9 Å². The number of benzene rings is 4. The van der Waals surface area contributed by atoms with Crippen LogP contribution in [0.3, 0.4) is 0 Å². The van der Waals surface area contributed by atoms with Gasteiger partial charge >= 0.3 is 6.18 Å². The molecule has 1 atom stereocenters. The number of alkyl halides is 3.